The van der Waals surface area contributed by atoms with Crippen LogP contribution in [0.5, 0.6) is 5.75 Å². The number of nitriles is 1. The number of carbonyl (C=O) groups excluding carboxylic acids is 1. The molecule has 126 valence electrons. The second-order valence-corrected chi connectivity index (χ2v) is 5.87. The van der Waals surface area contributed by atoms with Crippen LogP contribution in [-0.2, 0) is 9.53 Å². The van der Waals surface area contributed by atoms with Crippen LogP contribution in [0.1, 0.15) is 53.0 Å². The molecule has 1 aromatic rings. The first kappa shape index (κ1) is 19.0. The maximum Gasteiger partial charge on any atom is 0.256 e. The zero-order valence-electron chi connectivity index (χ0n) is 14.6. The van der Waals surface area contributed by atoms with Gasteiger partial charge < -0.3 is 14.8 Å². The molecule has 0 fully saturated rings. The Bertz CT molecular complexity index is 578. The molecular formula is C18H26N2O3. The van der Waals surface area contributed by atoms with E-state index < -0.39 is 5.60 Å². The second kappa shape index (κ2) is 8.54. The summed E-state index contributed by atoms with van der Waals surface area (Å²) in [4.78, 5) is 12.5. The Labute approximate surface area is 138 Å². The number of ether oxygens (including phenoxy) is 2. The average molecular weight is 318 g/mol. The smallest absolute Gasteiger partial charge is 0.256 e. The van der Waals surface area contributed by atoms with Crippen molar-refractivity contribution in [1.82, 2.24) is 0 Å². The molecule has 1 rings (SSSR count). The first-order chi connectivity index (χ1) is 10.9. The molecule has 0 heterocycles. The molecule has 1 aromatic carbocycles. The Morgan fingerprint density at radius 2 is 2.09 bits per heavy atom. The van der Waals surface area contributed by atoms with E-state index in [1.165, 1.54) is 0 Å². The monoisotopic (exact) mass is 318 g/mol. The summed E-state index contributed by atoms with van der Waals surface area (Å²) in [7, 11) is 0. The molecule has 0 aliphatic carbocycles. The molecule has 0 aliphatic rings. The fourth-order valence-electron chi connectivity index (χ4n) is 1.98. The predicted octanol–water partition coefficient (Wildman–Crippen LogP) is 3.88. The summed E-state index contributed by atoms with van der Waals surface area (Å²) in [6.45, 7) is 10.0. The van der Waals surface area contributed by atoms with Crippen molar-refractivity contribution in [2.45, 2.75) is 59.2 Å². The van der Waals surface area contributed by atoms with E-state index in [0.717, 1.165) is 6.42 Å². The Morgan fingerprint density at radius 3 is 2.61 bits per heavy atom. The number of amides is 1. The van der Waals surface area contributed by atoms with Crippen molar-refractivity contribution >= 4 is 11.6 Å². The lowest BCUT2D eigenvalue weighted by atomic mass is 10.0. The Hall–Kier alpha value is -2.06. The van der Waals surface area contributed by atoms with Crippen LogP contribution >= 0.6 is 0 Å². The first-order valence-electron chi connectivity index (χ1n) is 8.02. The van der Waals surface area contributed by atoms with Crippen molar-refractivity contribution in [2.75, 3.05) is 11.9 Å². The number of benzene rings is 1. The van der Waals surface area contributed by atoms with Crippen molar-refractivity contribution in [1.29, 1.82) is 5.26 Å². The third-order valence-corrected chi connectivity index (χ3v) is 3.51. The van der Waals surface area contributed by atoms with Gasteiger partial charge in [-0.1, -0.05) is 13.8 Å². The number of rotatable bonds is 8. The van der Waals surface area contributed by atoms with Crippen LogP contribution in [0.3, 0.4) is 0 Å². The highest BCUT2D eigenvalue weighted by Crippen LogP contribution is 2.25. The number of nitrogens with one attached hydrogen (secondary N) is 1. The molecular weight excluding hydrogens is 292 g/mol. The van der Waals surface area contributed by atoms with Crippen LogP contribution < -0.4 is 10.1 Å². The van der Waals surface area contributed by atoms with Gasteiger partial charge in [-0.3, -0.25) is 4.79 Å². The van der Waals surface area contributed by atoms with Crippen LogP contribution in [0.4, 0.5) is 5.69 Å². The SMILES string of the molecule is CCCOC(C)(CC)C(=O)Nc1ccc(OC(C)C)cc1C#N. The van der Waals surface area contributed by atoms with Gasteiger partial charge in [0.15, 0.2) is 0 Å². The van der Waals surface area contributed by atoms with Gasteiger partial charge in [0, 0.05) is 12.7 Å². The van der Waals surface area contributed by atoms with Gasteiger partial charge in [-0.25, -0.2) is 0 Å². The molecule has 0 spiro atoms. The van der Waals surface area contributed by atoms with Crippen LogP contribution in [0.25, 0.3) is 0 Å². The summed E-state index contributed by atoms with van der Waals surface area (Å²) >= 11 is 0. The molecule has 0 saturated heterocycles. The maximum absolute atomic E-state index is 12.5. The van der Waals surface area contributed by atoms with Crippen molar-refractivity contribution in [3.63, 3.8) is 0 Å². The molecule has 1 amide bonds. The second-order valence-electron chi connectivity index (χ2n) is 5.87. The molecule has 1 unspecified atom stereocenters. The van der Waals surface area contributed by atoms with Crippen LogP contribution in [0.2, 0.25) is 0 Å². The topological polar surface area (TPSA) is 71.3 Å². The molecule has 1 atom stereocenters. The summed E-state index contributed by atoms with van der Waals surface area (Å²) in [5.74, 6) is 0.359. The highest BCUT2D eigenvalue weighted by atomic mass is 16.5. The Kier molecular flexibility index (Phi) is 7.05. The fourth-order valence-corrected chi connectivity index (χ4v) is 1.98. The predicted molar refractivity (Wildman–Crippen MR) is 90.5 cm³/mol. The largest absolute Gasteiger partial charge is 0.491 e. The quantitative estimate of drug-likeness (QED) is 0.789. The summed E-state index contributed by atoms with van der Waals surface area (Å²) < 4.78 is 11.3. The number of hydrogen-bond acceptors (Lipinski definition) is 4. The number of carbonyl (C=O) groups is 1. The summed E-state index contributed by atoms with van der Waals surface area (Å²) in [6.07, 6.45) is 1.41. The lowest BCUT2D eigenvalue weighted by Gasteiger charge is -2.27. The molecule has 0 aliphatic heterocycles. The van der Waals surface area contributed by atoms with Gasteiger partial charge in [-0.05, 0) is 45.7 Å². The van der Waals surface area contributed by atoms with Crippen LogP contribution in [0, 0.1) is 11.3 Å². The maximum atomic E-state index is 12.5. The van der Waals surface area contributed by atoms with E-state index in [9.17, 15) is 10.1 Å². The van der Waals surface area contributed by atoms with Crippen LogP contribution in [-0.4, -0.2) is 24.2 Å². The third-order valence-electron chi connectivity index (χ3n) is 3.51. The van der Waals surface area contributed by atoms with E-state index in [1.54, 1.807) is 25.1 Å². The zero-order chi connectivity index (χ0) is 17.5. The third kappa shape index (κ3) is 5.26. The van der Waals surface area contributed by atoms with E-state index >= 15 is 0 Å². The normalized spacial score (nSPS) is 13.3. The Balaban J connectivity index is 2.95. The van der Waals surface area contributed by atoms with Crippen molar-refractivity contribution in [3.8, 4) is 11.8 Å². The summed E-state index contributed by atoms with van der Waals surface area (Å²) in [6, 6.07) is 7.15. The van der Waals surface area contributed by atoms with E-state index in [1.807, 2.05) is 27.7 Å². The van der Waals surface area contributed by atoms with E-state index in [-0.39, 0.29) is 12.0 Å². The van der Waals surface area contributed by atoms with Gasteiger partial charge >= 0.3 is 0 Å². The molecule has 0 bridgehead atoms. The van der Waals surface area contributed by atoms with Crippen molar-refractivity contribution < 1.29 is 14.3 Å². The standard InChI is InChI=1S/C18H26N2O3/c1-6-10-22-18(5,7-2)17(21)20-16-9-8-15(23-13(3)4)11-14(16)12-19/h8-9,11,13H,6-7,10H2,1-5H3,(H,20,21). The average Bonchev–Trinajstić information content (AvgIpc) is 2.53. The van der Waals surface area contributed by atoms with E-state index in [0.29, 0.717) is 30.0 Å². The highest BCUT2D eigenvalue weighted by Gasteiger charge is 2.32. The zero-order valence-corrected chi connectivity index (χ0v) is 14.6. The summed E-state index contributed by atoms with van der Waals surface area (Å²) in [5.41, 5.74) is -0.0747. The molecule has 0 saturated carbocycles. The minimum absolute atomic E-state index is 0.0211. The van der Waals surface area contributed by atoms with Crippen molar-refractivity contribution in [2.24, 2.45) is 0 Å². The van der Waals surface area contributed by atoms with Gasteiger partial charge in [0.05, 0.1) is 17.4 Å². The van der Waals surface area contributed by atoms with Gasteiger partial charge in [-0.2, -0.15) is 5.26 Å². The Morgan fingerprint density at radius 1 is 1.39 bits per heavy atom. The molecule has 0 radical (unpaired) electrons. The number of hydrogen-bond donors (Lipinski definition) is 1. The molecule has 23 heavy (non-hydrogen) atoms. The van der Waals surface area contributed by atoms with Gasteiger partial charge in [0.2, 0.25) is 0 Å². The lowest BCUT2D eigenvalue weighted by molar-refractivity contribution is -0.139. The molecule has 0 aromatic heterocycles. The number of anilines is 1. The minimum atomic E-state index is -0.907. The van der Waals surface area contributed by atoms with Gasteiger partial charge in [-0.15, -0.1) is 0 Å². The van der Waals surface area contributed by atoms with E-state index in [2.05, 4.69) is 11.4 Å². The first-order valence-corrected chi connectivity index (χ1v) is 8.02. The minimum Gasteiger partial charge on any atom is -0.491 e. The highest BCUT2D eigenvalue weighted by molar-refractivity contribution is 5.98. The van der Waals surface area contributed by atoms with Gasteiger partial charge in [0.25, 0.3) is 5.91 Å². The van der Waals surface area contributed by atoms with Gasteiger partial charge in [0.1, 0.15) is 17.4 Å². The fraction of sp³-hybridized carbons (Fsp3) is 0.556. The van der Waals surface area contributed by atoms with Crippen LogP contribution in [0.15, 0.2) is 18.2 Å². The molecule has 1 N–H and O–H groups in total. The summed E-state index contributed by atoms with van der Waals surface area (Å²) in [5, 5.41) is 12.1. The molecule has 5 heteroatoms. The lowest BCUT2D eigenvalue weighted by Crippen LogP contribution is -2.42. The van der Waals surface area contributed by atoms with Crippen molar-refractivity contribution in [3.05, 3.63) is 23.8 Å². The number of nitrogens with zero attached hydrogens (tertiary/aromatic N) is 1. The van der Waals surface area contributed by atoms with E-state index in [4.69, 9.17) is 9.47 Å². The molecule has 5 nitrogen and oxygen atoms in total.